The second-order valence-electron chi connectivity index (χ2n) is 5.82. The smallest absolute Gasteiger partial charge is 0.0438 e. The van der Waals surface area contributed by atoms with E-state index in [1.165, 1.54) is 25.7 Å². The van der Waals surface area contributed by atoms with E-state index in [9.17, 15) is 0 Å². The Morgan fingerprint density at radius 2 is 1.07 bits per heavy atom. The summed E-state index contributed by atoms with van der Waals surface area (Å²) in [6.07, 6.45) is 5.56. The molecule has 86 valence electrons. The SMILES string of the molecule is CC[C@@H](C)C[C@H](C)C[C@@H](C)CC(C)C. The Bertz CT molecular complexity index is 126. The Hall–Kier alpha value is 0. The van der Waals surface area contributed by atoms with Crippen LogP contribution < -0.4 is 0 Å². The Morgan fingerprint density at radius 3 is 1.50 bits per heavy atom. The summed E-state index contributed by atoms with van der Waals surface area (Å²) in [7, 11) is 0. The number of hydrogen-bond donors (Lipinski definition) is 0. The molecule has 3 atom stereocenters. The lowest BCUT2D eigenvalue weighted by Crippen LogP contribution is -2.09. The highest BCUT2D eigenvalue weighted by Gasteiger charge is 2.12. The molecule has 0 heteroatoms. The van der Waals surface area contributed by atoms with Crippen molar-refractivity contribution in [1.82, 2.24) is 0 Å². The van der Waals surface area contributed by atoms with Gasteiger partial charge in [-0.05, 0) is 42.9 Å². The van der Waals surface area contributed by atoms with Crippen LogP contribution in [0, 0.1) is 23.7 Å². The summed E-state index contributed by atoms with van der Waals surface area (Å²) in [4.78, 5) is 0. The Kier molecular flexibility index (Phi) is 7.31. The maximum Gasteiger partial charge on any atom is -0.0438 e. The molecule has 0 radical (unpaired) electrons. The normalized spacial score (nSPS) is 18.2. The molecule has 0 unspecified atom stereocenters. The summed E-state index contributed by atoms with van der Waals surface area (Å²) in [5.74, 6) is 3.60. The minimum Gasteiger partial charge on any atom is -0.0651 e. The summed E-state index contributed by atoms with van der Waals surface area (Å²) < 4.78 is 0. The van der Waals surface area contributed by atoms with Crippen molar-refractivity contribution < 1.29 is 0 Å². The minimum atomic E-state index is 0.862. The van der Waals surface area contributed by atoms with Gasteiger partial charge >= 0.3 is 0 Å². The monoisotopic (exact) mass is 198 g/mol. The van der Waals surface area contributed by atoms with Gasteiger partial charge in [0.25, 0.3) is 0 Å². The van der Waals surface area contributed by atoms with E-state index >= 15 is 0 Å². The molecule has 0 saturated heterocycles. The lowest BCUT2D eigenvalue weighted by molar-refractivity contribution is 0.310. The van der Waals surface area contributed by atoms with Gasteiger partial charge in [0, 0.05) is 0 Å². The number of rotatable bonds is 7. The molecule has 0 saturated carbocycles. The average Bonchev–Trinajstić information content (AvgIpc) is 2.01. The third kappa shape index (κ3) is 7.41. The van der Waals surface area contributed by atoms with Crippen molar-refractivity contribution in [1.29, 1.82) is 0 Å². The lowest BCUT2D eigenvalue weighted by atomic mass is 9.85. The Morgan fingerprint density at radius 1 is 0.643 bits per heavy atom. The van der Waals surface area contributed by atoms with Crippen LogP contribution in [-0.4, -0.2) is 0 Å². The van der Waals surface area contributed by atoms with Crippen molar-refractivity contribution in [2.75, 3.05) is 0 Å². The van der Waals surface area contributed by atoms with E-state index in [0.29, 0.717) is 0 Å². The zero-order valence-corrected chi connectivity index (χ0v) is 11.1. The highest BCUT2D eigenvalue weighted by Crippen LogP contribution is 2.24. The summed E-state index contributed by atoms with van der Waals surface area (Å²) in [6.45, 7) is 14.2. The molecule has 0 aromatic heterocycles. The fourth-order valence-corrected chi connectivity index (χ4v) is 2.54. The van der Waals surface area contributed by atoms with Gasteiger partial charge in [0.05, 0.1) is 0 Å². The van der Waals surface area contributed by atoms with Gasteiger partial charge in [-0.15, -0.1) is 0 Å². The molecule has 0 rings (SSSR count). The molecule has 0 aliphatic heterocycles. The van der Waals surface area contributed by atoms with Crippen LogP contribution in [0.3, 0.4) is 0 Å². The van der Waals surface area contributed by atoms with Crippen LogP contribution in [0.5, 0.6) is 0 Å². The fourth-order valence-electron chi connectivity index (χ4n) is 2.54. The van der Waals surface area contributed by atoms with E-state index in [2.05, 4.69) is 41.5 Å². The van der Waals surface area contributed by atoms with Gasteiger partial charge in [0.1, 0.15) is 0 Å². The summed E-state index contributed by atoms with van der Waals surface area (Å²) in [5, 5.41) is 0. The molecule has 0 N–H and O–H groups in total. The van der Waals surface area contributed by atoms with Crippen LogP contribution in [0.4, 0.5) is 0 Å². The van der Waals surface area contributed by atoms with Crippen molar-refractivity contribution in [3.8, 4) is 0 Å². The molecular formula is C14H30. The molecule has 0 nitrogen and oxygen atoms in total. The Balaban J connectivity index is 3.65. The van der Waals surface area contributed by atoms with E-state index in [0.717, 1.165) is 23.7 Å². The first-order valence-electron chi connectivity index (χ1n) is 6.45. The van der Waals surface area contributed by atoms with Gasteiger partial charge < -0.3 is 0 Å². The summed E-state index contributed by atoms with van der Waals surface area (Å²) >= 11 is 0. The third-order valence-corrected chi connectivity index (χ3v) is 3.18. The summed E-state index contributed by atoms with van der Waals surface area (Å²) in [5.41, 5.74) is 0. The fraction of sp³-hybridized carbons (Fsp3) is 1.00. The molecule has 0 aliphatic carbocycles. The zero-order chi connectivity index (χ0) is 11.1. The number of hydrogen-bond acceptors (Lipinski definition) is 0. The zero-order valence-electron chi connectivity index (χ0n) is 11.1. The van der Waals surface area contributed by atoms with Gasteiger partial charge in [-0.25, -0.2) is 0 Å². The van der Waals surface area contributed by atoms with E-state index in [1.807, 2.05) is 0 Å². The molecule has 0 aromatic rings. The largest absolute Gasteiger partial charge is 0.0651 e. The molecule has 0 bridgehead atoms. The molecule has 14 heavy (non-hydrogen) atoms. The maximum atomic E-state index is 2.42. The van der Waals surface area contributed by atoms with Crippen LogP contribution in [0.15, 0.2) is 0 Å². The van der Waals surface area contributed by atoms with Crippen LogP contribution in [-0.2, 0) is 0 Å². The predicted octanol–water partition coefficient (Wildman–Crippen LogP) is 5.13. The molecule has 0 aromatic carbocycles. The molecule has 0 fully saturated rings. The second kappa shape index (κ2) is 7.31. The van der Waals surface area contributed by atoms with E-state index in [4.69, 9.17) is 0 Å². The maximum absolute atomic E-state index is 2.42. The van der Waals surface area contributed by atoms with Crippen molar-refractivity contribution in [2.24, 2.45) is 23.7 Å². The van der Waals surface area contributed by atoms with Gasteiger partial charge in [-0.3, -0.25) is 0 Å². The topological polar surface area (TPSA) is 0 Å². The lowest BCUT2D eigenvalue weighted by Gasteiger charge is -2.21. The highest BCUT2D eigenvalue weighted by atomic mass is 14.2. The highest BCUT2D eigenvalue weighted by molar-refractivity contribution is 4.64. The van der Waals surface area contributed by atoms with Crippen molar-refractivity contribution >= 4 is 0 Å². The quantitative estimate of drug-likeness (QED) is 0.532. The predicted molar refractivity (Wildman–Crippen MR) is 66.5 cm³/mol. The first-order valence-corrected chi connectivity index (χ1v) is 6.45. The minimum absolute atomic E-state index is 0.862. The standard InChI is InChI=1S/C14H30/c1-7-12(4)9-14(6)10-13(5)8-11(2)3/h11-14H,7-10H2,1-6H3/t12-,13+,14+/m1/s1. The summed E-state index contributed by atoms with van der Waals surface area (Å²) in [6, 6.07) is 0. The molecular weight excluding hydrogens is 168 g/mol. The van der Waals surface area contributed by atoms with Gasteiger partial charge in [0.15, 0.2) is 0 Å². The molecule has 0 aliphatic rings. The first-order chi connectivity index (χ1) is 6.45. The van der Waals surface area contributed by atoms with E-state index in [1.54, 1.807) is 0 Å². The van der Waals surface area contributed by atoms with Crippen LogP contribution in [0.1, 0.15) is 67.2 Å². The Labute approximate surface area is 91.5 Å². The third-order valence-electron chi connectivity index (χ3n) is 3.18. The second-order valence-corrected chi connectivity index (χ2v) is 5.82. The van der Waals surface area contributed by atoms with Crippen LogP contribution >= 0.6 is 0 Å². The average molecular weight is 198 g/mol. The van der Waals surface area contributed by atoms with Crippen LogP contribution in [0.2, 0.25) is 0 Å². The molecule has 0 amide bonds. The van der Waals surface area contributed by atoms with Gasteiger partial charge in [-0.2, -0.15) is 0 Å². The van der Waals surface area contributed by atoms with E-state index in [-0.39, 0.29) is 0 Å². The van der Waals surface area contributed by atoms with Gasteiger partial charge in [-0.1, -0.05) is 48.0 Å². The van der Waals surface area contributed by atoms with Crippen molar-refractivity contribution in [2.45, 2.75) is 67.2 Å². The molecule has 0 heterocycles. The van der Waals surface area contributed by atoms with Crippen molar-refractivity contribution in [3.05, 3.63) is 0 Å². The first kappa shape index (κ1) is 14.0. The van der Waals surface area contributed by atoms with Gasteiger partial charge in [0.2, 0.25) is 0 Å². The van der Waals surface area contributed by atoms with Crippen molar-refractivity contribution in [3.63, 3.8) is 0 Å². The van der Waals surface area contributed by atoms with E-state index < -0.39 is 0 Å². The van der Waals surface area contributed by atoms with Crippen LogP contribution in [0.25, 0.3) is 0 Å². The molecule has 0 spiro atoms.